The van der Waals surface area contributed by atoms with Crippen molar-refractivity contribution in [3.05, 3.63) is 144 Å². The maximum absolute atomic E-state index is 12.3. The van der Waals surface area contributed by atoms with E-state index >= 15 is 0 Å². The molecule has 0 bridgehead atoms. The fraction of sp³-hybridized carbons (Fsp3) is 0.477. The van der Waals surface area contributed by atoms with Gasteiger partial charge in [0, 0.05) is 65.0 Å². The molecule has 0 saturated carbocycles. The van der Waals surface area contributed by atoms with Crippen LogP contribution in [0.5, 0.6) is 0 Å². The van der Waals surface area contributed by atoms with Crippen LogP contribution in [0.1, 0.15) is 126 Å². The second-order valence-corrected chi connectivity index (χ2v) is 20.9. The number of carbonyl (C=O) groups excluding carboxylic acids is 10. The van der Waals surface area contributed by atoms with E-state index in [9.17, 15) is 47.9 Å². The predicted molar refractivity (Wildman–Crippen MR) is 314 cm³/mol. The quantitative estimate of drug-likeness (QED) is 0.0609. The SMILES string of the molecule is CC(=O)C1CN(C(=O)OCc2ccccc2)CCCCC1=O.CCOC(=O)C1CCCCN(C(=O)OCc2ccccc2)CC1=O.O=C1CCCCCN(C(=O)OCc2ccccc2)C1.O=C1CCCCN(C(=O)OCc2ccccc2)CC1.[K+].[OH-]. The van der Waals surface area contributed by atoms with E-state index in [4.69, 9.17) is 23.7 Å². The van der Waals surface area contributed by atoms with Gasteiger partial charge in [-0.3, -0.25) is 28.8 Å². The molecule has 4 amide bonds. The summed E-state index contributed by atoms with van der Waals surface area (Å²) < 4.78 is 26.0. The molecule has 0 radical (unpaired) electrons. The number of amides is 4. The zero-order valence-corrected chi connectivity index (χ0v) is 53.3. The minimum absolute atomic E-state index is 0. The largest absolute Gasteiger partial charge is 1.00 e. The number of hydrogen-bond acceptors (Lipinski definition) is 16. The molecule has 460 valence electrons. The van der Waals surface area contributed by atoms with Crippen molar-refractivity contribution in [2.75, 3.05) is 59.0 Å². The molecule has 2 atom stereocenters. The van der Waals surface area contributed by atoms with Crippen molar-refractivity contribution in [2.24, 2.45) is 11.8 Å². The van der Waals surface area contributed by atoms with Crippen LogP contribution in [0.3, 0.4) is 0 Å². The summed E-state index contributed by atoms with van der Waals surface area (Å²) in [5.41, 5.74) is 3.71. The summed E-state index contributed by atoms with van der Waals surface area (Å²) in [4.78, 5) is 125. The topological polar surface area (TPSA) is 260 Å². The number of ether oxygens (including phenoxy) is 5. The smallest absolute Gasteiger partial charge is 0.870 e. The van der Waals surface area contributed by atoms with Gasteiger partial charge in [0.05, 0.1) is 25.6 Å². The third-order valence-electron chi connectivity index (χ3n) is 14.3. The minimum atomic E-state index is -0.783. The molecular formula is C65H83KN4O16. The van der Waals surface area contributed by atoms with E-state index in [0.29, 0.717) is 77.7 Å². The molecule has 21 heteroatoms. The zero-order chi connectivity index (χ0) is 60.3. The van der Waals surface area contributed by atoms with Gasteiger partial charge in [-0.1, -0.05) is 134 Å². The maximum Gasteiger partial charge on any atom is 1.00 e. The minimum Gasteiger partial charge on any atom is -0.870 e. The van der Waals surface area contributed by atoms with Crippen LogP contribution in [0, 0.1) is 11.8 Å². The summed E-state index contributed by atoms with van der Waals surface area (Å²) in [5, 5.41) is 0. The van der Waals surface area contributed by atoms with E-state index < -0.39 is 30.0 Å². The predicted octanol–water partition coefficient (Wildman–Crippen LogP) is 7.50. The molecule has 4 saturated heterocycles. The molecule has 4 fully saturated rings. The Balaban J connectivity index is 0.000000299. The second kappa shape index (κ2) is 42.3. The fourth-order valence-corrected chi connectivity index (χ4v) is 9.42. The van der Waals surface area contributed by atoms with Crippen molar-refractivity contribution in [1.82, 2.24) is 19.6 Å². The van der Waals surface area contributed by atoms with Crippen molar-refractivity contribution in [1.29, 1.82) is 0 Å². The van der Waals surface area contributed by atoms with Gasteiger partial charge in [-0.25, -0.2) is 19.2 Å². The standard InChI is InChI=1S/C18H23NO5.C17H21NO4.2C15H19NO3.K.H2O/c1-2-23-17(21)15-10-6-7-11-19(12-16(15)20)18(22)24-13-14-8-4-3-5-9-14;1-13(19)15-11-18(10-6-5-9-16(15)20)17(21)22-12-14-7-3-2-4-8-14;17-14-9-5-2-6-10-16(11-14)15(18)19-12-13-7-3-1-4-8-13;17-14-8-4-5-10-16(11-9-14)15(18)19-12-13-6-2-1-3-7-13;;/h3-5,8-9,15H,2,6-7,10-13H2,1H3;2-4,7-8,15H,5-6,9-12H2,1H3;1,3-4,7-8H,2,5-6,9-12H2;1-3,6-7H,4-5,8-12H2;;1H2/q;;;;+1;/p-1. The van der Waals surface area contributed by atoms with Crippen LogP contribution in [0.25, 0.3) is 0 Å². The fourth-order valence-electron chi connectivity index (χ4n) is 9.42. The van der Waals surface area contributed by atoms with E-state index in [-0.39, 0.29) is 151 Å². The number of esters is 1. The normalized spacial score (nSPS) is 17.4. The van der Waals surface area contributed by atoms with Crippen LogP contribution in [0.4, 0.5) is 19.2 Å². The van der Waals surface area contributed by atoms with Crippen molar-refractivity contribution >= 4 is 59.3 Å². The number of nitrogens with zero attached hydrogens (tertiary/aromatic N) is 4. The number of hydrogen-bond donors (Lipinski definition) is 0. The Morgan fingerprint density at radius 1 is 0.407 bits per heavy atom. The molecule has 2 unspecified atom stereocenters. The van der Waals surface area contributed by atoms with Crippen molar-refractivity contribution < 1.29 is 128 Å². The molecule has 4 aromatic carbocycles. The molecule has 4 heterocycles. The molecule has 86 heavy (non-hydrogen) atoms. The van der Waals surface area contributed by atoms with Gasteiger partial charge in [-0.15, -0.1) is 0 Å². The van der Waals surface area contributed by atoms with E-state index in [0.717, 1.165) is 67.2 Å². The van der Waals surface area contributed by atoms with Crippen molar-refractivity contribution in [2.45, 2.75) is 130 Å². The molecular weight excluding hydrogens is 1130 g/mol. The Kier molecular flexibility index (Phi) is 36.2. The summed E-state index contributed by atoms with van der Waals surface area (Å²) in [6, 6.07) is 37.9. The van der Waals surface area contributed by atoms with Gasteiger partial charge in [0.2, 0.25) is 0 Å². The Bertz CT molecular complexity index is 2720. The van der Waals surface area contributed by atoms with Crippen LogP contribution < -0.4 is 51.4 Å². The van der Waals surface area contributed by atoms with Gasteiger partial charge >= 0.3 is 81.7 Å². The van der Waals surface area contributed by atoms with Gasteiger partial charge in [0.1, 0.15) is 49.7 Å². The molecule has 20 nitrogen and oxygen atoms in total. The molecule has 0 aromatic heterocycles. The van der Waals surface area contributed by atoms with E-state index in [2.05, 4.69) is 0 Å². The first-order valence-corrected chi connectivity index (χ1v) is 29.3. The Morgan fingerprint density at radius 2 is 0.791 bits per heavy atom. The van der Waals surface area contributed by atoms with Crippen molar-refractivity contribution in [3.63, 3.8) is 0 Å². The molecule has 0 spiro atoms. The third kappa shape index (κ3) is 28.3. The molecule has 4 aliphatic rings. The van der Waals surface area contributed by atoms with Gasteiger partial charge < -0.3 is 48.8 Å². The van der Waals surface area contributed by atoms with E-state index in [1.807, 2.05) is 121 Å². The first-order valence-electron chi connectivity index (χ1n) is 29.3. The van der Waals surface area contributed by atoms with Crippen LogP contribution in [0.15, 0.2) is 121 Å². The Morgan fingerprint density at radius 3 is 1.27 bits per heavy atom. The van der Waals surface area contributed by atoms with Crippen LogP contribution in [-0.2, 0) is 78.9 Å². The first-order chi connectivity index (χ1) is 40.7. The molecule has 0 aliphatic carbocycles. The Labute approximate surface area is 547 Å². The van der Waals surface area contributed by atoms with E-state index in [1.54, 1.807) is 11.8 Å². The number of rotatable bonds is 11. The number of ketones is 5. The summed E-state index contributed by atoms with van der Waals surface area (Å²) in [6.45, 7) is 7.18. The molecule has 4 aliphatic heterocycles. The number of benzene rings is 4. The second-order valence-electron chi connectivity index (χ2n) is 20.9. The first kappa shape index (κ1) is 73.6. The van der Waals surface area contributed by atoms with Crippen molar-refractivity contribution in [3.8, 4) is 0 Å². The molecule has 4 aromatic rings. The average molecular weight is 1220 g/mol. The van der Waals surface area contributed by atoms with Gasteiger partial charge in [-0.2, -0.15) is 0 Å². The number of Topliss-reactive ketones (excluding diaryl/α,β-unsaturated/α-hetero) is 5. The van der Waals surface area contributed by atoms with Crippen LogP contribution in [-0.4, -0.2) is 143 Å². The van der Waals surface area contributed by atoms with Crippen LogP contribution in [0.2, 0.25) is 0 Å². The van der Waals surface area contributed by atoms with Gasteiger partial charge in [-0.05, 0) is 87.5 Å². The Hall–Kier alpha value is -6.62. The van der Waals surface area contributed by atoms with Gasteiger partial charge in [0.25, 0.3) is 0 Å². The number of carbonyl (C=O) groups is 10. The molecule has 1 N–H and O–H groups in total. The average Bonchev–Trinajstić information content (AvgIpc) is 3.63. The summed E-state index contributed by atoms with van der Waals surface area (Å²) in [6.07, 6.45) is 8.31. The van der Waals surface area contributed by atoms with Crippen LogP contribution >= 0.6 is 0 Å². The monoisotopic (exact) mass is 1210 g/mol. The van der Waals surface area contributed by atoms with E-state index in [1.165, 1.54) is 21.6 Å². The number of likely N-dealkylation sites (tertiary alicyclic amines) is 4. The maximum atomic E-state index is 12.3. The summed E-state index contributed by atoms with van der Waals surface area (Å²) in [5.74, 6) is -2.19. The molecule has 8 rings (SSSR count). The third-order valence-corrected chi connectivity index (χ3v) is 14.3. The summed E-state index contributed by atoms with van der Waals surface area (Å²) in [7, 11) is 0. The summed E-state index contributed by atoms with van der Waals surface area (Å²) >= 11 is 0. The van der Waals surface area contributed by atoms with Gasteiger partial charge in [0.15, 0.2) is 11.6 Å². The zero-order valence-electron chi connectivity index (χ0n) is 50.2.